The number of hydrogen-bond acceptors (Lipinski definition) is 5. The van der Waals surface area contributed by atoms with Gasteiger partial charge in [0.1, 0.15) is 16.6 Å². The van der Waals surface area contributed by atoms with Gasteiger partial charge in [0.2, 0.25) is 0 Å². The molecule has 1 fully saturated rings. The maximum atomic E-state index is 13.8. The van der Waals surface area contributed by atoms with Crippen LogP contribution < -0.4 is 11.1 Å². The van der Waals surface area contributed by atoms with E-state index in [2.05, 4.69) is 10.3 Å². The molecular formula is C15H17F2N3OS. The molecule has 118 valence electrons. The molecule has 1 aromatic heterocycles. The van der Waals surface area contributed by atoms with Crippen LogP contribution in [0.4, 0.5) is 8.78 Å². The van der Waals surface area contributed by atoms with E-state index in [0.717, 1.165) is 5.01 Å². The van der Waals surface area contributed by atoms with E-state index in [9.17, 15) is 8.78 Å². The highest BCUT2D eigenvalue weighted by Crippen LogP contribution is 2.27. The third-order valence-electron chi connectivity index (χ3n) is 3.79. The van der Waals surface area contributed by atoms with Crippen LogP contribution in [0.5, 0.6) is 0 Å². The van der Waals surface area contributed by atoms with Crippen LogP contribution in [-0.2, 0) is 11.3 Å². The van der Waals surface area contributed by atoms with Gasteiger partial charge in [-0.25, -0.2) is 13.8 Å². The molecular weight excluding hydrogens is 308 g/mol. The molecule has 1 saturated heterocycles. The van der Waals surface area contributed by atoms with E-state index in [0.29, 0.717) is 37.9 Å². The van der Waals surface area contributed by atoms with Crippen LogP contribution in [0.1, 0.15) is 5.01 Å². The van der Waals surface area contributed by atoms with Crippen molar-refractivity contribution in [3.8, 4) is 11.3 Å². The first kappa shape index (κ1) is 15.5. The molecule has 1 aliphatic heterocycles. The molecule has 0 saturated carbocycles. The Balaban J connectivity index is 1.69. The van der Waals surface area contributed by atoms with E-state index in [1.165, 1.54) is 29.5 Å². The third kappa shape index (κ3) is 3.17. The van der Waals surface area contributed by atoms with Crippen molar-refractivity contribution in [1.29, 1.82) is 0 Å². The van der Waals surface area contributed by atoms with Crippen LogP contribution in [0.2, 0.25) is 0 Å². The average molecular weight is 325 g/mol. The van der Waals surface area contributed by atoms with Gasteiger partial charge in [0, 0.05) is 23.9 Å². The van der Waals surface area contributed by atoms with Crippen molar-refractivity contribution in [1.82, 2.24) is 10.3 Å². The summed E-state index contributed by atoms with van der Waals surface area (Å²) in [6.45, 7) is 2.40. The van der Waals surface area contributed by atoms with Crippen LogP contribution in [-0.4, -0.2) is 30.8 Å². The lowest BCUT2D eigenvalue weighted by molar-refractivity contribution is 0.183. The number of aromatic nitrogens is 1. The second kappa shape index (κ2) is 6.78. The number of nitrogens with two attached hydrogens (primary N) is 1. The number of benzene rings is 1. The zero-order valence-electron chi connectivity index (χ0n) is 11.9. The van der Waals surface area contributed by atoms with Gasteiger partial charge in [-0.05, 0) is 18.7 Å². The van der Waals surface area contributed by atoms with Gasteiger partial charge in [-0.2, -0.15) is 0 Å². The van der Waals surface area contributed by atoms with E-state index in [-0.39, 0.29) is 11.6 Å². The average Bonchev–Trinajstić information content (AvgIpc) is 3.13. The summed E-state index contributed by atoms with van der Waals surface area (Å²) in [6, 6.07) is 4.01. The van der Waals surface area contributed by atoms with Crippen molar-refractivity contribution < 1.29 is 13.5 Å². The number of nitrogens with one attached hydrogen (secondary N) is 1. The monoisotopic (exact) mass is 325 g/mol. The number of rotatable bonds is 5. The zero-order valence-corrected chi connectivity index (χ0v) is 12.7. The Morgan fingerprint density at radius 1 is 1.32 bits per heavy atom. The molecule has 0 bridgehead atoms. The van der Waals surface area contributed by atoms with Gasteiger partial charge in [0.15, 0.2) is 0 Å². The van der Waals surface area contributed by atoms with E-state index in [1.807, 2.05) is 0 Å². The van der Waals surface area contributed by atoms with Crippen LogP contribution in [0.15, 0.2) is 23.6 Å². The number of ether oxygens (including phenoxy) is 1. The fraction of sp³-hybridized carbons (Fsp3) is 0.400. The van der Waals surface area contributed by atoms with Crippen molar-refractivity contribution in [2.75, 3.05) is 19.8 Å². The van der Waals surface area contributed by atoms with Crippen molar-refractivity contribution in [2.45, 2.75) is 12.6 Å². The minimum Gasteiger partial charge on any atom is -0.379 e. The minimum atomic E-state index is -0.600. The molecule has 2 atom stereocenters. The van der Waals surface area contributed by atoms with Crippen molar-refractivity contribution in [3.05, 3.63) is 40.2 Å². The zero-order chi connectivity index (χ0) is 15.5. The second-order valence-electron chi connectivity index (χ2n) is 5.24. The van der Waals surface area contributed by atoms with Gasteiger partial charge in [0.25, 0.3) is 0 Å². The molecule has 0 amide bonds. The molecule has 0 spiro atoms. The maximum absolute atomic E-state index is 13.8. The highest BCUT2D eigenvalue weighted by molar-refractivity contribution is 7.09. The fourth-order valence-corrected chi connectivity index (χ4v) is 3.26. The Morgan fingerprint density at radius 3 is 2.82 bits per heavy atom. The van der Waals surface area contributed by atoms with Gasteiger partial charge >= 0.3 is 0 Å². The van der Waals surface area contributed by atoms with Crippen LogP contribution >= 0.6 is 11.3 Å². The molecule has 1 aliphatic rings. The van der Waals surface area contributed by atoms with Crippen molar-refractivity contribution >= 4 is 11.3 Å². The van der Waals surface area contributed by atoms with Crippen LogP contribution in [0.25, 0.3) is 11.3 Å². The summed E-state index contributed by atoms with van der Waals surface area (Å²) in [5, 5.41) is 5.80. The minimum absolute atomic E-state index is 0.0750. The van der Waals surface area contributed by atoms with Gasteiger partial charge in [0.05, 0.1) is 24.5 Å². The predicted molar refractivity (Wildman–Crippen MR) is 81.5 cm³/mol. The maximum Gasteiger partial charge on any atom is 0.135 e. The molecule has 2 aromatic rings. The molecule has 0 radical (unpaired) electrons. The molecule has 7 heteroatoms. The van der Waals surface area contributed by atoms with E-state index in [4.69, 9.17) is 10.5 Å². The SMILES string of the molecule is NC[C@@H]1COC[C@H]1NCc1nc(-c2c(F)cccc2F)cs1. The molecule has 2 heterocycles. The first-order valence-corrected chi connectivity index (χ1v) is 7.97. The normalized spacial score (nSPS) is 21.4. The van der Waals surface area contributed by atoms with Gasteiger partial charge in [-0.1, -0.05) is 6.07 Å². The Labute approximate surface area is 131 Å². The third-order valence-corrected chi connectivity index (χ3v) is 4.64. The van der Waals surface area contributed by atoms with E-state index >= 15 is 0 Å². The van der Waals surface area contributed by atoms with Crippen LogP contribution in [0, 0.1) is 17.6 Å². The smallest absolute Gasteiger partial charge is 0.135 e. The summed E-state index contributed by atoms with van der Waals surface area (Å²) >= 11 is 1.37. The van der Waals surface area contributed by atoms with Crippen molar-refractivity contribution in [2.24, 2.45) is 11.7 Å². The Hall–Kier alpha value is -1.41. The summed E-state index contributed by atoms with van der Waals surface area (Å²) in [5.74, 6) is -0.905. The molecule has 22 heavy (non-hydrogen) atoms. The molecule has 3 rings (SSSR count). The molecule has 3 N–H and O–H groups in total. The topological polar surface area (TPSA) is 60.2 Å². The first-order valence-electron chi connectivity index (χ1n) is 7.09. The highest BCUT2D eigenvalue weighted by atomic mass is 32.1. The highest BCUT2D eigenvalue weighted by Gasteiger charge is 2.26. The Morgan fingerprint density at radius 2 is 2.09 bits per heavy atom. The number of thiazole rings is 1. The molecule has 0 aliphatic carbocycles. The molecule has 0 unspecified atom stereocenters. The van der Waals surface area contributed by atoms with Crippen molar-refractivity contribution in [3.63, 3.8) is 0 Å². The van der Waals surface area contributed by atoms with Gasteiger partial charge < -0.3 is 15.8 Å². The summed E-state index contributed by atoms with van der Waals surface area (Å²) in [4.78, 5) is 4.32. The standard InChI is InChI=1S/C15H17F2N3OS/c16-10-2-1-3-11(17)15(10)13-8-22-14(20-13)5-19-12-7-21-6-9(12)4-18/h1-3,8-9,12,19H,4-7,18H2/t9-,12-/m1/s1. The fourth-order valence-electron chi connectivity index (χ4n) is 2.52. The number of nitrogens with zero attached hydrogens (tertiary/aromatic N) is 1. The van der Waals surface area contributed by atoms with Crippen LogP contribution in [0.3, 0.4) is 0 Å². The lowest BCUT2D eigenvalue weighted by atomic mass is 10.0. The summed E-state index contributed by atoms with van der Waals surface area (Å²) in [7, 11) is 0. The second-order valence-corrected chi connectivity index (χ2v) is 6.19. The largest absolute Gasteiger partial charge is 0.379 e. The van der Waals surface area contributed by atoms with E-state index < -0.39 is 11.6 Å². The quantitative estimate of drug-likeness (QED) is 0.884. The summed E-state index contributed by atoms with van der Waals surface area (Å²) < 4.78 is 32.9. The number of hydrogen-bond donors (Lipinski definition) is 2. The molecule has 1 aromatic carbocycles. The predicted octanol–water partition coefficient (Wildman–Crippen LogP) is 2.15. The first-order chi connectivity index (χ1) is 10.7. The summed E-state index contributed by atoms with van der Waals surface area (Å²) in [5.41, 5.74) is 5.94. The summed E-state index contributed by atoms with van der Waals surface area (Å²) in [6.07, 6.45) is 0. The number of halogens is 2. The molecule has 4 nitrogen and oxygen atoms in total. The van der Waals surface area contributed by atoms with Gasteiger partial charge in [-0.3, -0.25) is 0 Å². The Bertz CT molecular complexity index is 629. The van der Waals surface area contributed by atoms with E-state index in [1.54, 1.807) is 5.38 Å². The van der Waals surface area contributed by atoms with Gasteiger partial charge in [-0.15, -0.1) is 11.3 Å². The lowest BCUT2D eigenvalue weighted by Gasteiger charge is -2.16. The lowest BCUT2D eigenvalue weighted by Crippen LogP contribution is -2.38. The Kier molecular flexibility index (Phi) is 4.77.